The summed E-state index contributed by atoms with van der Waals surface area (Å²) in [5, 5.41) is 2.42. The zero-order valence-electron chi connectivity index (χ0n) is 15.9. The second-order valence-electron chi connectivity index (χ2n) is 6.57. The van der Waals surface area contributed by atoms with Crippen LogP contribution in [0.5, 0.6) is 0 Å². The molecule has 146 valence electrons. The molecular weight excluding hydrogens is 350 g/mol. The van der Waals surface area contributed by atoms with Crippen molar-refractivity contribution in [1.82, 2.24) is 5.32 Å². The maximum atomic E-state index is 12.5. The average Bonchev–Trinajstić information content (AvgIpc) is 2.48. The fourth-order valence-electron chi connectivity index (χ4n) is 2.31. The van der Waals surface area contributed by atoms with Crippen LogP contribution in [0.15, 0.2) is 0 Å². The minimum atomic E-state index is -1.91. The number of hydrogen-bond acceptors (Lipinski definition) is 6. The summed E-state index contributed by atoms with van der Waals surface area (Å²) in [6.07, 6.45) is -0.185. The molecule has 0 radical (unpaired) electrons. The standard InChI is InChI=1S/C17H30ClNO6/c1-7-23-14(21)17(19-12(3)20,15(22)24-8-2)10-9-13(11-18)25-16(4,5)6/h13H,7-11H2,1-6H3,(H,19,20)/t13-/m0/s1. The monoisotopic (exact) mass is 379 g/mol. The van der Waals surface area contributed by atoms with Crippen LogP contribution >= 0.6 is 11.6 Å². The van der Waals surface area contributed by atoms with Gasteiger partial charge in [0.2, 0.25) is 11.4 Å². The Hall–Kier alpha value is -1.34. The van der Waals surface area contributed by atoms with Crippen molar-refractivity contribution in [3.63, 3.8) is 0 Å². The number of carbonyl (C=O) groups excluding carboxylic acids is 3. The first-order valence-electron chi connectivity index (χ1n) is 8.39. The third-order valence-corrected chi connectivity index (χ3v) is 3.52. The summed E-state index contributed by atoms with van der Waals surface area (Å²) in [6.45, 7) is 10.2. The summed E-state index contributed by atoms with van der Waals surface area (Å²) < 4.78 is 15.8. The van der Waals surface area contributed by atoms with Crippen LogP contribution in [0, 0.1) is 0 Å². The largest absolute Gasteiger partial charge is 0.464 e. The molecule has 1 atom stereocenters. The van der Waals surface area contributed by atoms with Crippen LogP contribution in [0.3, 0.4) is 0 Å². The van der Waals surface area contributed by atoms with E-state index in [1.165, 1.54) is 6.92 Å². The van der Waals surface area contributed by atoms with Crippen molar-refractivity contribution in [1.29, 1.82) is 0 Å². The van der Waals surface area contributed by atoms with Crippen molar-refractivity contribution in [2.45, 2.75) is 71.6 Å². The highest BCUT2D eigenvalue weighted by Crippen LogP contribution is 2.23. The van der Waals surface area contributed by atoms with E-state index in [0.717, 1.165) is 0 Å². The maximum absolute atomic E-state index is 12.5. The van der Waals surface area contributed by atoms with Gasteiger partial charge in [-0.1, -0.05) is 0 Å². The third kappa shape index (κ3) is 8.05. The molecule has 0 aromatic heterocycles. The summed E-state index contributed by atoms with van der Waals surface area (Å²) in [4.78, 5) is 36.6. The van der Waals surface area contributed by atoms with Crippen LogP contribution in [0.2, 0.25) is 0 Å². The molecule has 0 aliphatic carbocycles. The molecule has 25 heavy (non-hydrogen) atoms. The topological polar surface area (TPSA) is 90.9 Å². The summed E-state index contributed by atoms with van der Waals surface area (Å²) in [5.41, 5.74) is -2.35. The van der Waals surface area contributed by atoms with Gasteiger partial charge in [-0.3, -0.25) is 4.79 Å². The van der Waals surface area contributed by atoms with E-state index in [9.17, 15) is 14.4 Å². The number of rotatable bonds is 10. The summed E-state index contributed by atoms with van der Waals surface area (Å²) in [6, 6.07) is 0. The number of alkyl halides is 1. The van der Waals surface area contributed by atoms with Gasteiger partial charge in [-0.15, -0.1) is 11.6 Å². The van der Waals surface area contributed by atoms with E-state index in [1.54, 1.807) is 13.8 Å². The molecule has 1 amide bonds. The minimum Gasteiger partial charge on any atom is -0.464 e. The molecule has 0 fully saturated rings. The van der Waals surface area contributed by atoms with Crippen LogP contribution < -0.4 is 5.32 Å². The highest BCUT2D eigenvalue weighted by Gasteiger charge is 2.50. The fraction of sp³-hybridized carbons (Fsp3) is 0.824. The van der Waals surface area contributed by atoms with Gasteiger partial charge in [-0.25, -0.2) is 9.59 Å². The highest BCUT2D eigenvalue weighted by molar-refractivity contribution is 6.18. The van der Waals surface area contributed by atoms with Crippen molar-refractivity contribution in [2.24, 2.45) is 0 Å². The van der Waals surface area contributed by atoms with Gasteiger partial charge in [0.05, 0.1) is 24.9 Å². The Morgan fingerprint density at radius 1 is 1.04 bits per heavy atom. The molecule has 1 N–H and O–H groups in total. The average molecular weight is 380 g/mol. The summed E-state index contributed by atoms with van der Waals surface area (Å²) in [5.74, 6) is -2.07. The van der Waals surface area contributed by atoms with E-state index in [1.807, 2.05) is 20.8 Å². The van der Waals surface area contributed by atoms with Crippen molar-refractivity contribution in [2.75, 3.05) is 19.1 Å². The van der Waals surface area contributed by atoms with Crippen molar-refractivity contribution < 1.29 is 28.6 Å². The number of nitrogens with one attached hydrogen (secondary N) is 1. The minimum absolute atomic E-state index is 0.0439. The molecule has 7 nitrogen and oxygen atoms in total. The summed E-state index contributed by atoms with van der Waals surface area (Å²) in [7, 11) is 0. The van der Waals surface area contributed by atoms with E-state index in [4.69, 9.17) is 25.8 Å². The lowest BCUT2D eigenvalue weighted by atomic mass is 9.91. The van der Waals surface area contributed by atoms with Crippen LogP contribution in [0.25, 0.3) is 0 Å². The Morgan fingerprint density at radius 2 is 1.52 bits per heavy atom. The Balaban J connectivity index is 5.55. The number of amides is 1. The van der Waals surface area contributed by atoms with Gasteiger partial charge in [0.1, 0.15) is 0 Å². The molecule has 0 aromatic carbocycles. The molecule has 0 aliphatic heterocycles. The van der Waals surface area contributed by atoms with Crippen molar-refractivity contribution in [3.8, 4) is 0 Å². The molecule has 0 bridgehead atoms. The molecule has 0 rings (SSSR count). The maximum Gasteiger partial charge on any atom is 0.343 e. The van der Waals surface area contributed by atoms with Crippen LogP contribution in [0.1, 0.15) is 54.4 Å². The van der Waals surface area contributed by atoms with Gasteiger partial charge in [-0.05, 0) is 47.5 Å². The Kier molecular flexibility index (Phi) is 10.0. The Labute approximate surface area is 154 Å². The predicted octanol–water partition coefficient (Wildman–Crippen LogP) is 2.19. The SMILES string of the molecule is CCOC(=O)C(CC[C@@H](CCl)OC(C)(C)C)(NC(C)=O)C(=O)OCC. The quantitative estimate of drug-likeness (QED) is 0.355. The van der Waals surface area contributed by atoms with Gasteiger partial charge in [0.25, 0.3) is 0 Å². The van der Waals surface area contributed by atoms with Crippen LogP contribution in [0.4, 0.5) is 0 Å². The highest BCUT2D eigenvalue weighted by atomic mass is 35.5. The first-order valence-corrected chi connectivity index (χ1v) is 8.92. The van der Waals surface area contributed by atoms with E-state index in [2.05, 4.69) is 5.32 Å². The van der Waals surface area contributed by atoms with E-state index in [-0.39, 0.29) is 31.9 Å². The molecule has 0 aromatic rings. The Bertz CT molecular complexity index is 443. The van der Waals surface area contributed by atoms with Gasteiger partial charge in [-0.2, -0.15) is 0 Å². The predicted molar refractivity (Wildman–Crippen MR) is 94.4 cm³/mol. The van der Waals surface area contributed by atoms with Crippen LogP contribution in [-0.2, 0) is 28.6 Å². The fourth-order valence-corrected chi connectivity index (χ4v) is 2.52. The van der Waals surface area contributed by atoms with Crippen molar-refractivity contribution in [3.05, 3.63) is 0 Å². The lowest BCUT2D eigenvalue weighted by Gasteiger charge is -2.32. The smallest absolute Gasteiger partial charge is 0.343 e. The number of esters is 2. The molecule has 8 heteroatoms. The van der Waals surface area contributed by atoms with Crippen LogP contribution in [-0.4, -0.2) is 54.2 Å². The zero-order chi connectivity index (χ0) is 19.7. The lowest BCUT2D eigenvalue weighted by molar-refractivity contribution is -0.169. The van der Waals surface area contributed by atoms with E-state index >= 15 is 0 Å². The first-order chi connectivity index (χ1) is 11.5. The molecule has 0 saturated heterocycles. The molecule has 0 unspecified atom stereocenters. The number of carbonyl (C=O) groups is 3. The molecule has 0 saturated carbocycles. The second kappa shape index (κ2) is 10.6. The van der Waals surface area contributed by atoms with Gasteiger partial charge in [0.15, 0.2) is 0 Å². The Morgan fingerprint density at radius 3 is 1.84 bits per heavy atom. The van der Waals surface area contributed by atoms with Crippen molar-refractivity contribution >= 4 is 29.4 Å². The number of ether oxygens (including phenoxy) is 3. The lowest BCUT2D eigenvalue weighted by Crippen LogP contribution is -2.61. The van der Waals surface area contributed by atoms with Gasteiger partial charge < -0.3 is 19.5 Å². The molecular formula is C17H30ClNO6. The second-order valence-corrected chi connectivity index (χ2v) is 6.88. The molecule has 0 spiro atoms. The number of hydrogen-bond donors (Lipinski definition) is 1. The van der Waals surface area contributed by atoms with E-state index in [0.29, 0.717) is 0 Å². The van der Waals surface area contributed by atoms with E-state index < -0.39 is 35.1 Å². The van der Waals surface area contributed by atoms with Gasteiger partial charge in [0, 0.05) is 12.8 Å². The zero-order valence-corrected chi connectivity index (χ0v) is 16.7. The normalized spacial score (nSPS) is 13.1. The van der Waals surface area contributed by atoms with Gasteiger partial charge >= 0.3 is 11.9 Å². The third-order valence-electron chi connectivity index (χ3n) is 3.17. The molecule has 0 heterocycles. The number of halogens is 1. The first kappa shape index (κ1) is 23.7. The summed E-state index contributed by atoms with van der Waals surface area (Å²) >= 11 is 5.94. The molecule has 0 aliphatic rings.